The van der Waals surface area contributed by atoms with Gasteiger partial charge in [0.1, 0.15) is 17.6 Å². The number of aromatic carboxylic acids is 1. The number of carboxylic acids is 1. The minimum atomic E-state index is -1.01. The van der Waals surface area contributed by atoms with Crippen LogP contribution in [0, 0.1) is 12.8 Å². The largest absolute Gasteiger partial charge is 0.506 e. The number of carboxylic acid groups (broad SMARTS) is 1. The Bertz CT molecular complexity index is 1760. The van der Waals surface area contributed by atoms with Crippen molar-refractivity contribution in [3.63, 3.8) is 0 Å². The third kappa shape index (κ3) is 4.05. The van der Waals surface area contributed by atoms with E-state index in [2.05, 4.69) is 15.4 Å². The number of carbonyl (C=O) groups excluding carboxylic acids is 1. The van der Waals surface area contributed by atoms with E-state index in [1.54, 1.807) is 45.7 Å². The number of carbonyl (C=O) groups is 2. The summed E-state index contributed by atoms with van der Waals surface area (Å²) in [5, 5.41) is 27.6. The maximum absolute atomic E-state index is 13.0. The Balaban J connectivity index is 1.17. The SMILES string of the molecule is Cc1ccc(O)c2c3c(nn12)CC[C@H](CNC(=O)c1ccc(-n2cnc4cc(C(=O)O)ccc42)cc1Cl)C3. The van der Waals surface area contributed by atoms with Crippen molar-refractivity contribution in [2.75, 3.05) is 6.54 Å². The molecule has 2 aromatic carbocycles. The van der Waals surface area contributed by atoms with Gasteiger partial charge in [-0.2, -0.15) is 5.10 Å². The molecule has 6 rings (SSSR count). The number of hydrogen-bond acceptors (Lipinski definition) is 5. The first-order valence-corrected chi connectivity index (χ1v) is 12.7. The number of aromatic nitrogens is 4. The molecular formula is C28H24ClN5O4. The molecule has 0 aliphatic heterocycles. The Kier molecular flexibility index (Phi) is 5.80. The zero-order chi connectivity index (χ0) is 26.6. The lowest BCUT2D eigenvalue weighted by Crippen LogP contribution is -2.32. The van der Waals surface area contributed by atoms with Crippen molar-refractivity contribution in [3.05, 3.63) is 88.0 Å². The van der Waals surface area contributed by atoms with Crippen LogP contribution in [0.3, 0.4) is 0 Å². The molecule has 1 aliphatic carbocycles. The number of amides is 1. The first kappa shape index (κ1) is 24.0. The van der Waals surface area contributed by atoms with Crippen molar-refractivity contribution in [1.82, 2.24) is 24.5 Å². The smallest absolute Gasteiger partial charge is 0.335 e. The molecule has 192 valence electrons. The topological polar surface area (TPSA) is 122 Å². The lowest BCUT2D eigenvalue weighted by atomic mass is 9.86. The number of benzene rings is 2. The van der Waals surface area contributed by atoms with Crippen molar-refractivity contribution in [1.29, 1.82) is 0 Å². The minimum Gasteiger partial charge on any atom is -0.506 e. The molecule has 0 radical (unpaired) electrons. The number of nitrogens with one attached hydrogen (secondary N) is 1. The lowest BCUT2D eigenvalue weighted by molar-refractivity contribution is 0.0696. The van der Waals surface area contributed by atoms with Gasteiger partial charge in [-0.1, -0.05) is 11.6 Å². The summed E-state index contributed by atoms with van der Waals surface area (Å²) in [6, 6.07) is 13.4. The Morgan fingerprint density at radius 3 is 2.79 bits per heavy atom. The molecule has 1 aliphatic rings. The highest BCUT2D eigenvalue weighted by Crippen LogP contribution is 2.33. The number of aryl methyl sites for hydroxylation is 2. The van der Waals surface area contributed by atoms with Crippen molar-refractivity contribution in [2.45, 2.75) is 26.2 Å². The van der Waals surface area contributed by atoms with E-state index in [4.69, 9.17) is 11.6 Å². The third-order valence-electron chi connectivity index (χ3n) is 7.23. The fraction of sp³-hybridized carbons (Fsp3) is 0.214. The van der Waals surface area contributed by atoms with Gasteiger partial charge < -0.3 is 15.5 Å². The van der Waals surface area contributed by atoms with Gasteiger partial charge in [0, 0.05) is 23.5 Å². The standard InChI is InChI=1S/C28H24ClN5O4/c1-15-2-9-25(35)26-20-10-16(3-7-22(20)32-34(15)26)13-30-27(36)19-6-5-18(12-21(19)29)33-14-31-23-11-17(28(37)38)4-8-24(23)33/h2,4-6,8-9,11-12,14,16,35H,3,7,10,13H2,1H3,(H,30,36)(H,37,38)/t16-/m0/s1. The number of aromatic hydroxyl groups is 1. The van der Waals surface area contributed by atoms with Crippen molar-refractivity contribution >= 4 is 40.0 Å². The number of nitrogens with zero attached hydrogens (tertiary/aromatic N) is 4. The van der Waals surface area contributed by atoms with Crippen LogP contribution in [0.25, 0.3) is 22.2 Å². The van der Waals surface area contributed by atoms with Gasteiger partial charge in [0.05, 0.1) is 32.9 Å². The highest BCUT2D eigenvalue weighted by molar-refractivity contribution is 6.34. The summed E-state index contributed by atoms with van der Waals surface area (Å²) < 4.78 is 3.60. The van der Waals surface area contributed by atoms with Crippen LogP contribution in [0.15, 0.2) is 54.9 Å². The second kappa shape index (κ2) is 9.18. The van der Waals surface area contributed by atoms with Crippen molar-refractivity contribution in [3.8, 4) is 11.4 Å². The van der Waals surface area contributed by atoms with Crippen LogP contribution in [-0.2, 0) is 12.8 Å². The number of halogens is 1. The van der Waals surface area contributed by atoms with Gasteiger partial charge in [0.2, 0.25) is 0 Å². The quantitative estimate of drug-likeness (QED) is 0.306. The Hall–Kier alpha value is -4.37. The maximum Gasteiger partial charge on any atom is 0.335 e. The molecule has 3 N–H and O–H groups in total. The average molecular weight is 530 g/mol. The number of fused-ring (bicyclic) bond motifs is 4. The molecule has 0 spiro atoms. The molecule has 0 fully saturated rings. The van der Waals surface area contributed by atoms with E-state index >= 15 is 0 Å². The minimum absolute atomic E-state index is 0.162. The number of hydrogen-bond donors (Lipinski definition) is 3. The van der Waals surface area contributed by atoms with Gasteiger partial charge in [0.15, 0.2) is 0 Å². The van der Waals surface area contributed by atoms with E-state index < -0.39 is 5.97 Å². The normalized spacial score (nSPS) is 15.1. The van der Waals surface area contributed by atoms with Crippen LogP contribution < -0.4 is 5.32 Å². The van der Waals surface area contributed by atoms with Gasteiger partial charge in [0.25, 0.3) is 5.91 Å². The molecule has 1 atom stereocenters. The van der Waals surface area contributed by atoms with Gasteiger partial charge >= 0.3 is 5.97 Å². The van der Waals surface area contributed by atoms with Crippen molar-refractivity contribution < 1.29 is 19.8 Å². The van der Waals surface area contributed by atoms with E-state index in [1.807, 2.05) is 13.0 Å². The van der Waals surface area contributed by atoms with Gasteiger partial charge in [-0.25, -0.2) is 14.3 Å². The molecule has 38 heavy (non-hydrogen) atoms. The predicted molar refractivity (Wildman–Crippen MR) is 142 cm³/mol. The first-order chi connectivity index (χ1) is 18.3. The van der Waals surface area contributed by atoms with Crippen LogP contribution >= 0.6 is 11.6 Å². The summed E-state index contributed by atoms with van der Waals surface area (Å²) in [6.07, 6.45) is 4.00. The highest BCUT2D eigenvalue weighted by atomic mass is 35.5. The lowest BCUT2D eigenvalue weighted by Gasteiger charge is -2.22. The molecule has 9 nitrogen and oxygen atoms in total. The summed E-state index contributed by atoms with van der Waals surface area (Å²) in [5.74, 6) is -0.841. The molecule has 3 aromatic heterocycles. The van der Waals surface area contributed by atoms with Gasteiger partial charge in [-0.05, 0) is 80.6 Å². The monoisotopic (exact) mass is 529 g/mol. The summed E-state index contributed by atoms with van der Waals surface area (Å²) in [7, 11) is 0. The Morgan fingerprint density at radius 2 is 2.00 bits per heavy atom. The molecule has 10 heteroatoms. The number of pyridine rings is 1. The molecule has 0 bridgehead atoms. The van der Waals surface area contributed by atoms with Crippen LogP contribution in [0.4, 0.5) is 0 Å². The van der Waals surface area contributed by atoms with E-state index in [0.717, 1.165) is 47.2 Å². The van der Waals surface area contributed by atoms with Crippen LogP contribution in [-0.4, -0.2) is 47.8 Å². The van der Waals surface area contributed by atoms with Crippen molar-refractivity contribution in [2.24, 2.45) is 5.92 Å². The van der Waals surface area contributed by atoms with E-state index in [-0.39, 0.29) is 23.1 Å². The Morgan fingerprint density at radius 1 is 1.16 bits per heavy atom. The highest BCUT2D eigenvalue weighted by Gasteiger charge is 2.26. The fourth-order valence-corrected chi connectivity index (χ4v) is 5.47. The maximum atomic E-state index is 13.0. The first-order valence-electron chi connectivity index (χ1n) is 12.3. The molecule has 0 saturated carbocycles. The zero-order valence-corrected chi connectivity index (χ0v) is 21.2. The summed E-state index contributed by atoms with van der Waals surface area (Å²) in [6.45, 7) is 2.44. The fourth-order valence-electron chi connectivity index (χ4n) is 5.21. The summed E-state index contributed by atoms with van der Waals surface area (Å²) >= 11 is 6.52. The van der Waals surface area contributed by atoms with Crippen LogP contribution in [0.1, 0.15) is 44.1 Å². The molecular weight excluding hydrogens is 506 g/mol. The number of imidazole rings is 1. The molecule has 1 amide bonds. The van der Waals surface area contributed by atoms with E-state index in [0.29, 0.717) is 28.3 Å². The van der Waals surface area contributed by atoms with Crippen LogP contribution in [0.5, 0.6) is 5.75 Å². The second-order valence-electron chi connectivity index (χ2n) is 9.65. The number of rotatable bonds is 5. The summed E-state index contributed by atoms with van der Waals surface area (Å²) in [4.78, 5) is 28.5. The molecule has 0 saturated heterocycles. The zero-order valence-electron chi connectivity index (χ0n) is 20.5. The second-order valence-corrected chi connectivity index (χ2v) is 10.1. The third-order valence-corrected chi connectivity index (χ3v) is 7.54. The molecule has 0 unspecified atom stereocenters. The van der Waals surface area contributed by atoms with E-state index in [1.165, 1.54) is 12.1 Å². The van der Waals surface area contributed by atoms with E-state index in [9.17, 15) is 19.8 Å². The summed E-state index contributed by atoms with van der Waals surface area (Å²) in [5.41, 5.74) is 6.28. The van der Waals surface area contributed by atoms with Gasteiger partial charge in [-0.3, -0.25) is 9.36 Å². The molecule has 5 aromatic rings. The Labute approximate surface area is 222 Å². The molecule has 3 heterocycles. The van der Waals surface area contributed by atoms with Crippen LogP contribution in [0.2, 0.25) is 5.02 Å². The van der Waals surface area contributed by atoms with Gasteiger partial charge in [-0.15, -0.1) is 0 Å². The average Bonchev–Trinajstić information content (AvgIpc) is 3.51. The predicted octanol–water partition coefficient (Wildman–Crippen LogP) is 4.57.